The minimum atomic E-state index is -0.333. The van der Waals surface area contributed by atoms with E-state index in [1.807, 2.05) is 0 Å². The Labute approximate surface area is 129 Å². The summed E-state index contributed by atoms with van der Waals surface area (Å²) in [5.74, 6) is 0.754. The average molecular weight is 316 g/mol. The molecule has 110 valence electrons. The highest BCUT2D eigenvalue weighted by atomic mass is 35.5. The third-order valence-electron chi connectivity index (χ3n) is 3.94. The molecule has 0 spiro atoms. The molecule has 2 rings (SSSR count). The van der Waals surface area contributed by atoms with Gasteiger partial charge in [-0.05, 0) is 37.0 Å². The van der Waals surface area contributed by atoms with Crippen LogP contribution in [0.2, 0.25) is 5.02 Å². The fraction of sp³-hybridized carbons (Fsp3) is 0.533. The van der Waals surface area contributed by atoms with Gasteiger partial charge in [0.15, 0.2) is 0 Å². The van der Waals surface area contributed by atoms with E-state index in [1.165, 1.54) is 18.6 Å². The number of phenolic OH excluding ortho intramolecular Hbond substituents is 1. The van der Waals surface area contributed by atoms with Gasteiger partial charge in [-0.15, -0.1) is 11.6 Å². The molecule has 5 heteroatoms. The lowest BCUT2D eigenvalue weighted by molar-refractivity contribution is 0.0867. The molecule has 1 fully saturated rings. The Morgan fingerprint density at radius 1 is 1.55 bits per heavy atom. The van der Waals surface area contributed by atoms with Crippen LogP contribution in [-0.4, -0.2) is 22.4 Å². The SMILES string of the molecule is CC1CCCC(CCl)(NC(=O)c2ccc(O)c(Cl)c2)C1. The molecule has 2 atom stereocenters. The Bertz CT molecular complexity index is 507. The van der Waals surface area contributed by atoms with Crippen LogP contribution in [0, 0.1) is 5.92 Å². The van der Waals surface area contributed by atoms with E-state index in [9.17, 15) is 9.90 Å². The molecule has 0 radical (unpaired) electrons. The smallest absolute Gasteiger partial charge is 0.251 e. The minimum absolute atomic E-state index is 0.0263. The van der Waals surface area contributed by atoms with Gasteiger partial charge in [-0.25, -0.2) is 0 Å². The van der Waals surface area contributed by atoms with Crippen molar-refractivity contribution in [3.63, 3.8) is 0 Å². The lowest BCUT2D eigenvalue weighted by Gasteiger charge is -2.39. The van der Waals surface area contributed by atoms with Crippen molar-refractivity contribution < 1.29 is 9.90 Å². The maximum Gasteiger partial charge on any atom is 0.251 e. The van der Waals surface area contributed by atoms with Gasteiger partial charge in [-0.2, -0.15) is 0 Å². The van der Waals surface area contributed by atoms with Crippen molar-refractivity contribution in [1.82, 2.24) is 5.32 Å². The van der Waals surface area contributed by atoms with E-state index in [4.69, 9.17) is 23.2 Å². The molecule has 1 aliphatic rings. The van der Waals surface area contributed by atoms with Crippen LogP contribution in [0.15, 0.2) is 18.2 Å². The summed E-state index contributed by atoms with van der Waals surface area (Å²) in [4.78, 5) is 12.3. The fourth-order valence-electron chi connectivity index (χ4n) is 2.89. The van der Waals surface area contributed by atoms with Crippen LogP contribution in [0.25, 0.3) is 0 Å². The first-order valence-electron chi connectivity index (χ1n) is 6.83. The fourth-order valence-corrected chi connectivity index (χ4v) is 3.38. The molecule has 2 N–H and O–H groups in total. The number of hydrogen-bond acceptors (Lipinski definition) is 2. The molecule has 0 aliphatic heterocycles. The van der Waals surface area contributed by atoms with Crippen molar-refractivity contribution >= 4 is 29.1 Å². The highest BCUT2D eigenvalue weighted by Gasteiger charge is 2.35. The van der Waals surface area contributed by atoms with Crippen LogP contribution in [-0.2, 0) is 0 Å². The summed E-state index contributed by atoms with van der Waals surface area (Å²) in [7, 11) is 0. The first-order valence-corrected chi connectivity index (χ1v) is 7.74. The summed E-state index contributed by atoms with van der Waals surface area (Å²) in [5.41, 5.74) is 0.108. The van der Waals surface area contributed by atoms with E-state index >= 15 is 0 Å². The first kappa shape index (κ1) is 15.5. The van der Waals surface area contributed by atoms with E-state index in [1.54, 1.807) is 6.07 Å². The van der Waals surface area contributed by atoms with Gasteiger partial charge in [0, 0.05) is 11.4 Å². The summed E-state index contributed by atoms with van der Waals surface area (Å²) in [6.45, 7) is 2.18. The molecule has 1 aromatic carbocycles. The zero-order chi connectivity index (χ0) is 14.8. The number of amides is 1. The van der Waals surface area contributed by atoms with Gasteiger partial charge < -0.3 is 10.4 Å². The number of carbonyl (C=O) groups excluding carboxylic acids is 1. The lowest BCUT2D eigenvalue weighted by atomic mass is 9.77. The maximum atomic E-state index is 12.3. The van der Waals surface area contributed by atoms with E-state index in [0.29, 0.717) is 17.4 Å². The number of aromatic hydroxyl groups is 1. The van der Waals surface area contributed by atoms with Gasteiger partial charge in [-0.1, -0.05) is 31.4 Å². The van der Waals surface area contributed by atoms with Gasteiger partial charge in [0.2, 0.25) is 0 Å². The number of phenols is 1. The molecule has 3 nitrogen and oxygen atoms in total. The van der Waals surface area contributed by atoms with Crippen LogP contribution in [0.4, 0.5) is 0 Å². The zero-order valence-electron chi connectivity index (χ0n) is 11.5. The maximum absolute atomic E-state index is 12.3. The number of nitrogens with one attached hydrogen (secondary N) is 1. The molecule has 1 amide bonds. The summed E-state index contributed by atoms with van der Waals surface area (Å²) in [5, 5.41) is 12.6. The molecule has 20 heavy (non-hydrogen) atoms. The number of halogens is 2. The quantitative estimate of drug-likeness (QED) is 0.829. The Hall–Kier alpha value is -0.930. The molecule has 1 aromatic rings. The van der Waals surface area contributed by atoms with E-state index in [-0.39, 0.29) is 22.2 Å². The number of carbonyl (C=O) groups is 1. The van der Waals surface area contributed by atoms with E-state index < -0.39 is 0 Å². The van der Waals surface area contributed by atoms with Crippen molar-refractivity contribution in [3.8, 4) is 5.75 Å². The predicted molar refractivity (Wildman–Crippen MR) is 81.7 cm³/mol. The molecule has 1 saturated carbocycles. The van der Waals surface area contributed by atoms with Gasteiger partial charge in [-0.3, -0.25) is 4.79 Å². The monoisotopic (exact) mass is 315 g/mol. The number of benzene rings is 1. The van der Waals surface area contributed by atoms with Crippen LogP contribution in [0.3, 0.4) is 0 Å². The molecule has 0 heterocycles. The third-order valence-corrected chi connectivity index (χ3v) is 4.75. The standard InChI is InChI=1S/C15H19Cl2NO2/c1-10-3-2-6-15(8-10,9-16)18-14(20)11-4-5-13(19)12(17)7-11/h4-5,7,10,19H,2-3,6,8-9H2,1H3,(H,18,20). The zero-order valence-corrected chi connectivity index (χ0v) is 13.0. The topological polar surface area (TPSA) is 49.3 Å². The Balaban J connectivity index is 2.14. The van der Waals surface area contributed by atoms with Crippen molar-refractivity contribution in [2.75, 3.05) is 5.88 Å². The second-order valence-corrected chi connectivity index (χ2v) is 6.41. The summed E-state index contributed by atoms with van der Waals surface area (Å²) >= 11 is 11.9. The molecule has 1 aliphatic carbocycles. The Kier molecular flexibility index (Phi) is 4.82. The van der Waals surface area contributed by atoms with Crippen molar-refractivity contribution in [1.29, 1.82) is 0 Å². The normalized spacial score (nSPS) is 26.2. The number of rotatable bonds is 3. The number of alkyl halides is 1. The predicted octanol–water partition coefficient (Wildman–Crippen LogP) is 3.96. The second-order valence-electron chi connectivity index (χ2n) is 5.74. The summed E-state index contributed by atoms with van der Waals surface area (Å²) in [6.07, 6.45) is 4.05. The van der Waals surface area contributed by atoms with Crippen LogP contribution < -0.4 is 5.32 Å². The Morgan fingerprint density at radius 3 is 2.90 bits per heavy atom. The summed E-state index contributed by atoms with van der Waals surface area (Å²) < 4.78 is 0. The van der Waals surface area contributed by atoms with Gasteiger partial charge >= 0.3 is 0 Å². The van der Waals surface area contributed by atoms with Crippen LogP contribution in [0.5, 0.6) is 5.75 Å². The van der Waals surface area contributed by atoms with Crippen LogP contribution >= 0.6 is 23.2 Å². The highest BCUT2D eigenvalue weighted by Crippen LogP contribution is 2.33. The molecule has 0 saturated heterocycles. The van der Waals surface area contributed by atoms with Crippen molar-refractivity contribution in [2.45, 2.75) is 38.1 Å². The number of hydrogen-bond donors (Lipinski definition) is 2. The Morgan fingerprint density at radius 2 is 2.30 bits per heavy atom. The average Bonchev–Trinajstić information content (AvgIpc) is 2.41. The highest BCUT2D eigenvalue weighted by molar-refractivity contribution is 6.32. The molecule has 0 bridgehead atoms. The largest absolute Gasteiger partial charge is 0.506 e. The molecular weight excluding hydrogens is 297 g/mol. The third kappa shape index (κ3) is 3.39. The van der Waals surface area contributed by atoms with Gasteiger partial charge in [0.25, 0.3) is 5.91 Å². The molecular formula is C15H19Cl2NO2. The van der Waals surface area contributed by atoms with Gasteiger partial charge in [0.05, 0.1) is 10.6 Å². The molecule has 2 unspecified atom stereocenters. The second kappa shape index (κ2) is 6.23. The van der Waals surface area contributed by atoms with E-state index in [0.717, 1.165) is 19.3 Å². The minimum Gasteiger partial charge on any atom is -0.506 e. The van der Waals surface area contributed by atoms with Gasteiger partial charge in [0.1, 0.15) is 5.75 Å². The van der Waals surface area contributed by atoms with Crippen molar-refractivity contribution in [3.05, 3.63) is 28.8 Å². The van der Waals surface area contributed by atoms with E-state index in [2.05, 4.69) is 12.2 Å². The first-order chi connectivity index (χ1) is 9.46. The lowest BCUT2D eigenvalue weighted by Crippen LogP contribution is -2.52. The molecule has 0 aromatic heterocycles. The van der Waals surface area contributed by atoms with Crippen molar-refractivity contribution in [2.24, 2.45) is 5.92 Å². The summed E-state index contributed by atoms with van der Waals surface area (Å²) in [6, 6.07) is 4.46. The van der Waals surface area contributed by atoms with Crippen LogP contribution in [0.1, 0.15) is 43.0 Å².